The number of alkyl halides is 3. The van der Waals surface area contributed by atoms with Crippen LogP contribution in [0, 0.1) is 0 Å². The maximum absolute atomic E-state index is 13.1. The van der Waals surface area contributed by atoms with Crippen molar-refractivity contribution in [1.82, 2.24) is 14.8 Å². The zero-order valence-electron chi connectivity index (χ0n) is 16.0. The molecule has 1 aromatic heterocycles. The van der Waals surface area contributed by atoms with Crippen molar-refractivity contribution in [3.63, 3.8) is 0 Å². The molecule has 0 fully saturated rings. The van der Waals surface area contributed by atoms with Crippen molar-refractivity contribution >= 4 is 40.5 Å². The number of benzene rings is 2. The second kappa shape index (κ2) is 9.04. The zero-order chi connectivity index (χ0) is 22.6. The maximum Gasteiger partial charge on any atom is 0.416 e. The van der Waals surface area contributed by atoms with Crippen LogP contribution in [0.15, 0.2) is 49.1 Å². The Labute approximate surface area is 179 Å². The van der Waals surface area contributed by atoms with Crippen molar-refractivity contribution in [1.29, 1.82) is 0 Å². The van der Waals surface area contributed by atoms with Gasteiger partial charge in [-0.3, -0.25) is 9.59 Å². The lowest BCUT2D eigenvalue weighted by molar-refractivity contribution is -0.137. The second-order valence-corrected chi connectivity index (χ2v) is 6.75. The third-order valence-electron chi connectivity index (χ3n) is 3.99. The van der Waals surface area contributed by atoms with Gasteiger partial charge in [-0.25, -0.2) is 9.67 Å². The molecule has 0 unspecified atom stereocenters. The molecule has 162 valence electrons. The van der Waals surface area contributed by atoms with Crippen molar-refractivity contribution < 1.29 is 22.8 Å². The molecule has 3 N–H and O–H groups in total. The van der Waals surface area contributed by atoms with E-state index >= 15 is 0 Å². The van der Waals surface area contributed by atoms with E-state index in [1.54, 1.807) is 6.07 Å². The fourth-order valence-electron chi connectivity index (χ4n) is 2.66. The van der Waals surface area contributed by atoms with Crippen LogP contribution in [0.5, 0.6) is 0 Å². The predicted octanol–water partition coefficient (Wildman–Crippen LogP) is 3.95. The highest BCUT2D eigenvalue weighted by Gasteiger charge is 2.31. The lowest BCUT2D eigenvalue weighted by Crippen LogP contribution is -2.23. The van der Waals surface area contributed by atoms with Gasteiger partial charge < -0.3 is 16.0 Å². The van der Waals surface area contributed by atoms with Crippen LogP contribution in [0.1, 0.15) is 12.5 Å². The molecule has 0 bridgehead atoms. The average Bonchev–Trinajstić information content (AvgIpc) is 3.22. The number of hydrogen-bond donors (Lipinski definition) is 3. The quantitative estimate of drug-likeness (QED) is 0.526. The Kier molecular flexibility index (Phi) is 6.44. The molecule has 3 aromatic rings. The fraction of sp³-hybridized carbons (Fsp3) is 0.158. The summed E-state index contributed by atoms with van der Waals surface area (Å²) in [5, 5.41) is 12.0. The summed E-state index contributed by atoms with van der Waals surface area (Å²) in [5.74, 6) is -0.905. The molecule has 0 atom stereocenters. The first-order valence-electron chi connectivity index (χ1n) is 8.80. The Bertz CT molecular complexity index is 1100. The fourth-order valence-corrected chi connectivity index (χ4v) is 2.84. The van der Waals surface area contributed by atoms with Crippen LogP contribution in [0.25, 0.3) is 5.69 Å². The van der Waals surface area contributed by atoms with Crippen LogP contribution < -0.4 is 16.0 Å². The van der Waals surface area contributed by atoms with Gasteiger partial charge in [-0.1, -0.05) is 11.6 Å². The van der Waals surface area contributed by atoms with E-state index in [1.165, 1.54) is 42.5 Å². The van der Waals surface area contributed by atoms with Crippen LogP contribution >= 0.6 is 11.6 Å². The number of amides is 2. The minimum absolute atomic E-state index is 0.0924. The first kappa shape index (κ1) is 22.1. The van der Waals surface area contributed by atoms with Crippen molar-refractivity contribution in [2.75, 3.05) is 22.5 Å². The van der Waals surface area contributed by atoms with E-state index in [4.69, 9.17) is 11.6 Å². The summed E-state index contributed by atoms with van der Waals surface area (Å²) in [6.45, 7) is 1.05. The van der Waals surface area contributed by atoms with Crippen molar-refractivity contribution in [3.05, 3.63) is 59.6 Å². The summed E-state index contributed by atoms with van der Waals surface area (Å²) in [7, 11) is 0. The highest BCUT2D eigenvalue weighted by Crippen LogP contribution is 2.33. The maximum atomic E-state index is 13.1. The van der Waals surface area contributed by atoms with Gasteiger partial charge in [-0.2, -0.15) is 18.3 Å². The number of anilines is 3. The van der Waals surface area contributed by atoms with Crippen LogP contribution in [-0.4, -0.2) is 33.1 Å². The Morgan fingerprint density at radius 3 is 2.52 bits per heavy atom. The van der Waals surface area contributed by atoms with Gasteiger partial charge in [0.15, 0.2) is 0 Å². The molecule has 3 rings (SSSR count). The summed E-state index contributed by atoms with van der Waals surface area (Å²) in [6.07, 6.45) is -2.07. The molecule has 0 spiro atoms. The Balaban J connectivity index is 1.78. The number of rotatable bonds is 6. The first-order chi connectivity index (χ1) is 14.6. The molecule has 0 saturated heterocycles. The zero-order valence-corrected chi connectivity index (χ0v) is 16.8. The van der Waals surface area contributed by atoms with Crippen LogP contribution in [0.3, 0.4) is 0 Å². The smallest absolute Gasteiger partial charge is 0.375 e. The topological polar surface area (TPSA) is 101 Å². The van der Waals surface area contributed by atoms with E-state index in [0.717, 1.165) is 12.1 Å². The van der Waals surface area contributed by atoms with Gasteiger partial charge in [0.05, 0.1) is 34.2 Å². The number of carbonyl (C=O) groups is 2. The third kappa shape index (κ3) is 5.72. The summed E-state index contributed by atoms with van der Waals surface area (Å²) in [5.41, 5.74) is 0.0233. The third-order valence-corrected chi connectivity index (χ3v) is 4.32. The molecule has 2 amide bonds. The summed E-state index contributed by atoms with van der Waals surface area (Å²) in [6, 6.07) is 7.54. The molecule has 0 aliphatic carbocycles. The van der Waals surface area contributed by atoms with Gasteiger partial charge in [0.1, 0.15) is 12.7 Å². The van der Waals surface area contributed by atoms with Gasteiger partial charge in [-0.05, 0) is 36.4 Å². The number of hydrogen-bond acceptors (Lipinski definition) is 5. The Morgan fingerprint density at radius 1 is 1.10 bits per heavy atom. The Hall–Kier alpha value is -3.60. The lowest BCUT2D eigenvalue weighted by Gasteiger charge is -2.15. The summed E-state index contributed by atoms with van der Waals surface area (Å²) >= 11 is 6.09. The number of aromatic nitrogens is 3. The van der Waals surface area contributed by atoms with Crippen molar-refractivity contribution in [3.8, 4) is 5.69 Å². The highest BCUT2D eigenvalue weighted by molar-refractivity contribution is 6.33. The molecule has 0 aliphatic rings. The van der Waals surface area contributed by atoms with E-state index in [9.17, 15) is 22.8 Å². The van der Waals surface area contributed by atoms with E-state index < -0.39 is 17.6 Å². The molecule has 12 heteroatoms. The number of nitrogens with one attached hydrogen (secondary N) is 3. The number of nitrogens with zero attached hydrogens (tertiary/aromatic N) is 3. The van der Waals surface area contributed by atoms with Crippen molar-refractivity contribution in [2.24, 2.45) is 0 Å². The van der Waals surface area contributed by atoms with Crippen LogP contribution in [0.4, 0.5) is 30.2 Å². The van der Waals surface area contributed by atoms with E-state index in [2.05, 4.69) is 26.0 Å². The van der Waals surface area contributed by atoms with Gasteiger partial charge in [0, 0.05) is 12.6 Å². The predicted molar refractivity (Wildman–Crippen MR) is 109 cm³/mol. The van der Waals surface area contributed by atoms with E-state index in [0.29, 0.717) is 16.4 Å². The minimum Gasteiger partial charge on any atom is -0.375 e. The van der Waals surface area contributed by atoms with Crippen LogP contribution in [0.2, 0.25) is 5.02 Å². The normalized spacial score (nSPS) is 11.1. The Morgan fingerprint density at radius 2 is 1.87 bits per heavy atom. The number of carbonyl (C=O) groups excluding carboxylic acids is 2. The summed E-state index contributed by atoms with van der Waals surface area (Å²) < 4.78 is 40.6. The van der Waals surface area contributed by atoms with Gasteiger partial charge >= 0.3 is 6.18 Å². The molecular weight excluding hydrogens is 437 g/mol. The average molecular weight is 453 g/mol. The molecule has 1 heterocycles. The molecule has 0 radical (unpaired) electrons. The largest absolute Gasteiger partial charge is 0.416 e. The SMILES string of the molecule is CC(=O)Nc1ccc(Cl)c(NCC(=O)Nc2cc(C(F)(F)F)ccc2-n2cncn2)c1. The van der Waals surface area contributed by atoms with Gasteiger partial charge in [0.25, 0.3) is 0 Å². The van der Waals surface area contributed by atoms with Crippen LogP contribution in [-0.2, 0) is 15.8 Å². The van der Waals surface area contributed by atoms with Gasteiger partial charge in [0.2, 0.25) is 11.8 Å². The standard InChI is InChI=1S/C19H16ClF3N6O2/c1-11(30)27-13-3-4-14(20)15(7-13)25-8-18(31)28-16-6-12(19(21,22)23)2-5-17(16)29-10-24-9-26-29/h2-7,9-10,25H,8H2,1H3,(H,27,30)(H,28,31). The molecule has 8 nitrogen and oxygen atoms in total. The molecule has 0 aliphatic heterocycles. The minimum atomic E-state index is -4.59. The highest BCUT2D eigenvalue weighted by atomic mass is 35.5. The van der Waals surface area contributed by atoms with Gasteiger partial charge in [-0.15, -0.1) is 0 Å². The molecule has 0 saturated carbocycles. The first-order valence-corrected chi connectivity index (χ1v) is 9.18. The second-order valence-electron chi connectivity index (χ2n) is 6.35. The lowest BCUT2D eigenvalue weighted by atomic mass is 10.1. The van der Waals surface area contributed by atoms with E-state index in [-0.39, 0.29) is 23.8 Å². The summed E-state index contributed by atoms with van der Waals surface area (Å²) in [4.78, 5) is 27.4. The van der Waals surface area contributed by atoms with Crippen molar-refractivity contribution in [2.45, 2.75) is 13.1 Å². The monoisotopic (exact) mass is 452 g/mol. The van der Waals surface area contributed by atoms with E-state index in [1.807, 2.05) is 0 Å². The molecular formula is C19H16ClF3N6O2. The molecule has 2 aromatic carbocycles. The number of halogens is 4. The molecule has 31 heavy (non-hydrogen) atoms.